The molecule has 0 spiro atoms. The van der Waals surface area contributed by atoms with Crippen LogP contribution in [-0.2, 0) is 4.79 Å². The van der Waals surface area contributed by atoms with E-state index in [2.05, 4.69) is 9.88 Å². The van der Waals surface area contributed by atoms with Crippen molar-refractivity contribution in [3.05, 3.63) is 42.5 Å². The third kappa shape index (κ3) is 3.17. The predicted octanol–water partition coefficient (Wildman–Crippen LogP) is 2.29. The van der Waals surface area contributed by atoms with Crippen LogP contribution in [-0.4, -0.2) is 51.9 Å². The van der Waals surface area contributed by atoms with Crippen molar-refractivity contribution in [2.24, 2.45) is 0 Å². The van der Waals surface area contributed by atoms with Gasteiger partial charge in [0.25, 0.3) is 0 Å². The summed E-state index contributed by atoms with van der Waals surface area (Å²) >= 11 is 5.86. The van der Waals surface area contributed by atoms with Crippen LogP contribution in [0.4, 0.5) is 10.3 Å². The quantitative estimate of drug-likeness (QED) is 0.808. The molecular formula is C16H18ClFN4O. The highest BCUT2D eigenvalue weighted by molar-refractivity contribution is 6.30. The number of hydrogen-bond acceptors (Lipinski definition) is 3. The Hall–Kier alpha value is -2.08. The van der Waals surface area contributed by atoms with Gasteiger partial charge in [-0.2, -0.15) is 0 Å². The molecule has 23 heavy (non-hydrogen) atoms. The van der Waals surface area contributed by atoms with Gasteiger partial charge in [0.15, 0.2) is 0 Å². The Morgan fingerprint density at radius 2 is 1.96 bits per heavy atom. The molecule has 7 heteroatoms. The predicted molar refractivity (Wildman–Crippen MR) is 87.6 cm³/mol. The number of imidazole rings is 1. The third-order valence-electron chi connectivity index (χ3n) is 3.95. The second-order valence-electron chi connectivity index (χ2n) is 5.48. The van der Waals surface area contributed by atoms with Gasteiger partial charge in [0.1, 0.15) is 11.2 Å². The molecule has 0 N–H and O–H groups in total. The summed E-state index contributed by atoms with van der Waals surface area (Å²) in [6.45, 7) is 4.13. The molecule has 1 amide bonds. The molecule has 3 rings (SSSR count). The van der Waals surface area contributed by atoms with Crippen molar-refractivity contribution in [2.45, 2.75) is 12.3 Å². The smallest absolute Gasteiger partial charge is 0.240 e. The second-order valence-corrected chi connectivity index (χ2v) is 6.13. The van der Waals surface area contributed by atoms with Crippen LogP contribution in [0.25, 0.3) is 5.69 Å². The third-order valence-corrected chi connectivity index (χ3v) is 4.13. The summed E-state index contributed by atoms with van der Waals surface area (Å²) in [6, 6.07) is 6.60. The number of carbonyl (C=O) groups is 1. The topological polar surface area (TPSA) is 41.4 Å². The Morgan fingerprint density at radius 1 is 1.26 bits per heavy atom. The van der Waals surface area contributed by atoms with Gasteiger partial charge in [0.05, 0.1) is 5.69 Å². The number of piperazine rings is 1. The number of alkyl halides is 1. The fourth-order valence-corrected chi connectivity index (χ4v) is 2.88. The molecule has 2 heterocycles. The number of hydrogen-bond donors (Lipinski definition) is 0. The van der Waals surface area contributed by atoms with E-state index in [4.69, 9.17) is 11.6 Å². The summed E-state index contributed by atoms with van der Waals surface area (Å²) in [7, 11) is 0. The van der Waals surface area contributed by atoms with E-state index in [1.165, 1.54) is 6.07 Å². The average molecular weight is 337 g/mol. The van der Waals surface area contributed by atoms with Crippen LogP contribution in [0.1, 0.15) is 6.92 Å². The van der Waals surface area contributed by atoms with Gasteiger partial charge in [0.2, 0.25) is 11.9 Å². The van der Waals surface area contributed by atoms with Crippen molar-refractivity contribution < 1.29 is 9.18 Å². The first-order valence-electron chi connectivity index (χ1n) is 7.54. The molecule has 1 fully saturated rings. The monoisotopic (exact) mass is 336 g/mol. The Labute approximate surface area is 139 Å². The molecule has 2 aromatic rings. The molecule has 0 radical (unpaired) electrons. The standard InChI is InChI=1S/C16H18ClFN4O/c1-12(17)15(23)20-8-10-21(11-9-20)16-19-6-7-22(16)14-5-3-2-4-13(14)18/h2-7,12H,8-11H2,1H3. The molecule has 0 aliphatic carbocycles. The number of benzene rings is 1. The lowest BCUT2D eigenvalue weighted by atomic mass is 10.3. The summed E-state index contributed by atoms with van der Waals surface area (Å²) in [5.74, 6) is 0.335. The van der Waals surface area contributed by atoms with E-state index in [9.17, 15) is 9.18 Å². The van der Waals surface area contributed by atoms with Gasteiger partial charge in [0, 0.05) is 38.6 Å². The maximum absolute atomic E-state index is 14.0. The molecule has 1 saturated heterocycles. The maximum Gasteiger partial charge on any atom is 0.240 e. The lowest BCUT2D eigenvalue weighted by Gasteiger charge is -2.36. The van der Waals surface area contributed by atoms with E-state index in [1.54, 1.807) is 47.0 Å². The van der Waals surface area contributed by atoms with Gasteiger partial charge in [-0.05, 0) is 19.1 Å². The normalized spacial score (nSPS) is 16.5. The van der Waals surface area contributed by atoms with Crippen LogP contribution >= 0.6 is 11.6 Å². The molecule has 0 saturated carbocycles. The van der Waals surface area contributed by atoms with E-state index < -0.39 is 5.38 Å². The van der Waals surface area contributed by atoms with E-state index in [-0.39, 0.29) is 11.7 Å². The highest BCUT2D eigenvalue weighted by atomic mass is 35.5. The number of rotatable bonds is 3. The number of nitrogens with zero attached hydrogens (tertiary/aromatic N) is 4. The first kappa shape index (κ1) is 15.8. The number of anilines is 1. The van der Waals surface area contributed by atoms with Crippen molar-refractivity contribution in [2.75, 3.05) is 31.1 Å². The average Bonchev–Trinajstić information content (AvgIpc) is 3.04. The van der Waals surface area contributed by atoms with Crippen LogP contribution in [0.3, 0.4) is 0 Å². The Morgan fingerprint density at radius 3 is 2.61 bits per heavy atom. The molecule has 1 aliphatic rings. The van der Waals surface area contributed by atoms with Gasteiger partial charge >= 0.3 is 0 Å². The highest BCUT2D eigenvalue weighted by Gasteiger charge is 2.26. The van der Waals surface area contributed by atoms with Crippen LogP contribution in [0.2, 0.25) is 0 Å². The molecule has 1 unspecified atom stereocenters. The molecule has 122 valence electrons. The van der Waals surface area contributed by atoms with Gasteiger partial charge in [-0.25, -0.2) is 9.37 Å². The summed E-state index contributed by atoms with van der Waals surface area (Å²) in [4.78, 5) is 20.1. The lowest BCUT2D eigenvalue weighted by Crippen LogP contribution is -2.51. The van der Waals surface area contributed by atoms with Gasteiger partial charge in [-0.1, -0.05) is 12.1 Å². The van der Waals surface area contributed by atoms with Crippen molar-refractivity contribution in [3.8, 4) is 5.69 Å². The summed E-state index contributed by atoms with van der Waals surface area (Å²) in [5.41, 5.74) is 0.466. The molecule has 1 aromatic heterocycles. The van der Waals surface area contributed by atoms with Gasteiger partial charge in [-0.3, -0.25) is 9.36 Å². The van der Waals surface area contributed by atoms with Crippen molar-refractivity contribution in [1.82, 2.24) is 14.5 Å². The largest absolute Gasteiger partial charge is 0.338 e. The van der Waals surface area contributed by atoms with Crippen molar-refractivity contribution in [1.29, 1.82) is 0 Å². The molecule has 1 aliphatic heterocycles. The zero-order valence-corrected chi connectivity index (χ0v) is 13.6. The SMILES string of the molecule is CC(Cl)C(=O)N1CCN(c2nccn2-c2ccccc2F)CC1. The number of halogens is 2. The van der Waals surface area contributed by atoms with E-state index in [0.717, 1.165) is 0 Å². The van der Waals surface area contributed by atoms with E-state index >= 15 is 0 Å². The van der Waals surface area contributed by atoms with Gasteiger partial charge in [-0.15, -0.1) is 11.6 Å². The lowest BCUT2D eigenvalue weighted by molar-refractivity contribution is -0.130. The molecule has 5 nitrogen and oxygen atoms in total. The first-order chi connectivity index (χ1) is 11.1. The molecule has 1 atom stereocenters. The maximum atomic E-state index is 14.0. The van der Waals surface area contributed by atoms with Gasteiger partial charge < -0.3 is 9.80 Å². The summed E-state index contributed by atoms with van der Waals surface area (Å²) < 4.78 is 15.8. The highest BCUT2D eigenvalue weighted by Crippen LogP contribution is 2.22. The van der Waals surface area contributed by atoms with Crippen LogP contribution in [0.5, 0.6) is 0 Å². The zero-order chi connectivity index (χ0) is 16.4. The fraction of sp³-hybridized carbons (Fsp3) is 0.375. The van der Waals surface area contributed by atoms with E-state index in [0.29, 0.717) is 37.8 Å². The Kier molecular flexibility index (Phi) is 4.52. The summed E-state index contributed by atoms with van der Waals surface area (Å²) in [5, 5.41) is -0.512. The van der Waals surface area contributed by atoms with Crippen LogP contribution < -0.4 is 4.90 Å². The first-order valence-corrected chi connectivity index (χ1v) is 7.97. The number of amides is 1. The minimum absolute atomic E-state index is 0.0521. The fourth-order valence-electron chi connectivity index (χ4n) is 2.74. The van der Waals surface area contributed by atoms with Crippen molar-refractivity contribution in [3.63, 3.8) is 0 Å². The minimum Gasteiger partial charge on any atom is -0.338 e. The summed E-state index contributed by atoms with van der Waals surface area (Å²) in [6.07, 6.45) is 3.40. The minimum atomic E-state index is -0.512. The second kappa shape index (κ2) is 6.58. The van der Waals surface area contributed by atoms with Crippen molar-refractivity contribution >= 4 is 23.5 Å². The molecule has 1 aromatic carbocycles. The Bertz CT molecular complexity index is 695. The number of carbonyl (C=O) groups excluding carboxylic acids is 1. The van der Waals surface area contributed by atoms with Crippen LogP contribution in [0.15, 0.2) is 36.7 Å². The zero-order valence-electron chi connectivity index (χ0n) is 12.8. The van der Waals surface area contributed by atoms with E-state index in [1.807, 2.05) is 0 Å². The Balaban J connectivity index is 1.77. The number of aromatic nitrogens is 2. The van der Waals surface area contributed by atoms with Crippen LogP contribution in [0, 0.1) is 5.82 Å². The molecular weight excluding hydrogens is 319 g/mol. The number of para-hydroxylation sites is 1. The molecule has 0 bridgehead atoms.